The van der Waals surface area contributed by atoms with E-state index in [2.05, 4.69) is 5.32 Å². The van der Waals surface area contributed by atoms with Crippen molar-refractivity contribution in [1.29, 1.82) is 0 Å². The number of carbonyl (C=O) groups is 2. The molecule has 2 aromatic heterocycles. The van der Waals surface area contributed by atoms with Crippen LogP contribution in [0.1, 0.15) is 21.7 Å². The van der Waals surface area contributed by atoms with E-state index in [1.807, 2.05) is 54.6 Å². The topological polar surface area (TPSA) is 72.5 Å². The molecule has 0 saturated carbocycles. The molecule has 0 radical (unpaired) electrons. The average molecular weight is 480 g/mol. The van der Waals surface area contributed by atoms with Crippen molar-refractivity contribution in [3.05, 3.63) is 113 Å². The summed E-state index contributed by atoms with van der Waals surface area (Å²) in [6.45, 7) is 0. The molecule has 0 saturated heterocycles. The third-order valence-corrected chi connectivity index (χ3v) is 6.32. The van der Waals surface area contributed by atoms with E-state index in [1.165, 1.54) is 0 Å². The molecule has 5 nitrogen and oxygen atoms in total. The van der Waals surface area contributed by atoms with Gasteiger partial charge >= 0.3 is 0 Å². The molecule has 0 unspecified atom stereocenters. The summed E-state index contributed by atoms with van der Waals surface area (Å²) in [6.07, 6.45) is 1.69. The molecule has 0 atom stereocenters. The van der Waals surface area contributed by atoms with E-state index < -0.39 is 0 Å². The van der Waals surface area contributed by atoms with Gasteiger partial charge in [-0.1, -0.05) is 54.1 Å². The molecule has 0 fully saturated rings. The summed E-state index contributed by atoms with van der Waals surface area (Å²) < 4.78 is 11.6. The lowest BCUT2D eigenvalue weighted by Gasteiger charge is -2.07. The van der Waals surface area contributed by atoms with Crippen LogP contribution in [0.3, 0.4) is 0 Å². The number of benzene rings is 4. The van der Waals surface area contributed by atoms with E-state index in [1.54, 1.807) is 36.6 Å². The molecule has 6 heteroatoms. The van der Waals surface area contributed by atoms with Gasteiger partial charge in [-0.3, -0.25) is 9.59 Å². The van der Waals surface area contributed by atoms with Crippen molar-refractivity contribution in [2.45, 2.75) is 6.42 Å². The highest BCUT2D eigenvalue weighted by atomic mass is 35.5. The van der Waals surface area contributed by atoms with Crippen molar-refractivity contribution in [2.75, 3.05) is 5.32 Å². The second-order valence-electron chi connectivity index (χ2n) is 8.28. The van der Waals surface area contributed by atoms with Crippen LogP contribution in [-0.4, -0.2) is 11.7 Å². The number of amides is 1. The number of para-hydroxylation sites is 1. The zero-order valence-corrected chi connectivity index (χ0v) is 19.1. The molecule has 1 N–H and O–H groups in total. The van der Waals surface area contributed by atoms with Crippen LogP contribution < -0.4 is 5.32 Å². The van der Waals surface area contributed by atoms with Crippen molar-refractivity contribution < 1.29 is 18.4 Å². The third-order valence-electron chi connectivity index (χ3n) is 6.06. The van der Waals surface area contributed by atoms with E-state index in [4.69, 9.17) is 20.4 Å². The third kappa shape index (κ3) is 3.76. The minimum absolute atomic E-state index is 0.0735. The minimum Gasteiger partial charge on any atom is -0.464 e. The monoisotopic (exact) mass is 479 g/mol. The van der Waals surface area contributed by atoms with Gasteiger partial charge in [-0.2, -0.15) is 0 Å². The van der Waals surface area contributed by atoms with Gasteiger partial charge in [-0.25, -0.2) is 0 Å². The van der Waals surface area contributed by atoms with E-state index in [-0.39, 0.29) is 23.9 Å². The summed E-state index contributed by atoms with van der Waals surface area (Å²) in [7, 11) is 0. The summed E-state index contributed by atoms with van der Waals surface area (Å²) in [5.74, 6) is -0.547. The Morgan fingerprint density at radius 3 is 2.37 bits per heavy atom. The number of fused-ring (bicyclic) bond motifs is 4. The van der Waals surface area contributed by atoms with Crippen molar-refractivity contribution in [1.82, 2.24) is 0 Å². The van der Waals surface area contributed by atoms with Crippen LogP contribution in [0.4, 0.5) is 5.69 Å². The zero-order valence-electron chi connectivity index (χ0n) is 18.4. The van der Waals surface area contributed by atoms with Gasteiger partial charge in [0.05, 0.1) is 18.4 Å². The average Bonchev–Trinajstić information content (AvgIpc) is 3.46. The summed E-state index contributed by atoms with van der Waals surface area (Å²) in [6, 6.07) is 25.7. The summed E-state index contributed by atoms with van der Waals surface area (Å²) in [4.78, 5) is 26.5. The van der Waals surface area contributed by atoms with Crippen LogP contribution in [0.2, 0.25) is 5.02 Å². The van der Waals surface area contributed by atoms with Crippen LogP contribution in [-0.2, 0) is 11.2 Å². The first-order valence-corrected chi connectivity index (χ1v) is 11.5. The Morgan fingerprint density at radius 2 is 1.54 bits per heavy atom. The summed E-state index contributed by atoms with van der Waals surface area (Å²) in [5.41, 5.74) is 2.77. The van der Waals surface area contributed by atoms with E-state index in [0.29, 0.717) is 27.2 Å². The Labute approximate surface area is 204 Å². The maximum atomic E-state index is 13.3. The number of rotatable bonds is 5. The van der Waals surface area contributed by atoms with Crippen LogP contribution in [0.5, 0.6) is 0 Å². The van der Waals surface area contributed by atoms with Crippen molar-refractivity contribution in [3.63, 3.8) is 0 Å². The van der Waals surface area contributed by atoms with Crippen LogP contribution >= 0.6 is 11.6 Å². The van der Waals surface area contributed by atoms with Gasteiger partial charge in [0, 0.05) is 26.9 Å². The SMILES string of the molecule is O=C(Cc1coc2ccc3ccccc3c12)Nc1c(C(=O)c2ccc(Cl)cc2)oc2ccccc12. The molecular formula is C29H18ClNO4. The maximum Gasteiger partial charge on any atom is 0.230 e. The lowest BCUT2D eigenvalue weighted by atomic mass is 10.0. The lowest BCUT2D eigenvalue weighted by Crippen LogP contribution is -2.16. The molecule has 1 amide bonds. The number of furan rings is 2. The number of anilines is 1. The molecule has 0 aliphatic heterocycles. The van der Waals surface area contributed by atoms with Gasteiger partial charge in [-0.05, 0) is 53.2 Å². The fourth-order valence-electron chi connectivity index (χ4n) is 4.42. The van der Waals surface area contributed by atoms with Crippen molar-refractivity contribution in [3.8, 4) is 0 Å². The van der Waals surface area contributed by atoms with E-state index in [0.717, 1.165) is 27.3 Å². The molecule has 0 aliphatic rings. The van der Waals surface area contributed by atoms with Gasteiger partial charge in [-0.15, -0.1) is 0 Å². The fourth-order valence-corrected chi connectivity index (χ4v) is 4.55. The maximum absolute atomic E-state index is 13.3. The summed E-state index contributed by atoms with van der Waals surface area (Å²) >= 11 is 5.97. The number of hydrogen-bond donors (Lipinski definition) is 1. The second-order valence-corrected chi connectivity index (χ2v) is 8.72. The van der Waals surface area contributed by atoms with Gasteiger partial charge < -0.3 is 14.2 Å². The number of hydrogen-bond acceptors (Lipinski definition) is 4. The molecule has 35 heavy (non-hydrogen) atoms. The first-order valence-electron chi connectivity index (χ1n) is 11.1. The van der Waals surface area contributed by atoms with E-state index in [9.17, 15) is 9.59 Å². The molecule has 4 aromatic carbocycles. The number of carbonyl (C=O) groups excluding carboxylic acids is 2. The number of halogens is 1. The highest BCUT2D eigenvalue weighted by Gasteiger charge is 2.24. The number of nitrogens with one attached hydrogen (secondary N) is 1. The molecule has 0 spiro atoms. The van der Waals surface area contributed by atoms with Gasteiger partial charge in [0.2, 0.25) is 11.7 Å². The van der Waals surface area contributed by atoms with Crippen molar-refractivity contribution in [2.24, 2.45) is 0 Å². The molecule has 6 rings (SSSR count). The first kappa shape index (κ1) is 21.2. The predicted molar refractivity (Wildman–Crippen MR) is 137 cm³/mol. The Bertz CT molecular complexity index is 1740. The van der Waals surface area contributed by atoms with Gasteiger partial charge in [0.1, 0.15) is 11.2 Å². The summed E-state index contributed by atoms with van der Waals surface area (Å²) in [5, 5.41) is 7.11. The Hall–Kier alpha value is -4.35. The molecule has 0 aliphatic carbocycles. The van der Waals surface area contributed by atoms with Crippen LogP contribution in [0, 0.1) is 0 Å². The highest BCUT2D eigenvalue weighted by Crippen LogP contribution is 2.34. The highest BCUT2D eigenvalue weighted by molar-refractivity contribution is 6.30. The molecule has 0 bridgehead atoms. The second kappa shape index (κ2) is 8.46. The van der Waals surface area contributed by atoms with Crippen molar-refractivity contribution >= 4 is 61.7 Å². The van der Waals surface area contributed by atoms with Gasteiger partial charge in [0.15, 0.2) is 5.76 Å². The lowest BCUT2D eigenvalue weighted by molar-refractivity contribution is -0.115. The normalized spacial score (nSPS) is 11.3. The largest absolute Gasteiger partial charge is 0.464 e. The molecule has 6 aromatic rings. The van der Waals surface area contributed by atoms with Crippen LogP contribution in [0.25, 0.3) is 32.7 Å². The Morgan fingerprint density at radius 1 is 0.800 bits per heavy atom. The quantitative estimate of drug-likeness (QED) is 0.261. The molecular weight excluding hydrogens is 462 g/mol. The molecule has 2 heterocycles. The zero-order chi connectivity index (χ0) is 23.9. The smallest absolute Gasteiger partial charge is 0.230 e. The van der Waals surface area contributed by atoms with Gasteiger partial charge in [0.25, 0.3) is 0 Å². The predicted octanol–water partition coefficient (Wildman–Crippen LogP) is 7.40. The fraction of sp³-hybridized carbons (Fsp3) is 0.0345. The standard InChI is InChI=1S/C29H18ClNO4/c30-20-12-9-18(10-13-20)28(33)29-27(22-7-3-4-8-23(22)35-29)31-25(32)15-19-16-34-24-14-11-17-5-1-2-6-21(17)26(19)24/h1-14,16H,15H2,(H,31,32). The Kier molecular flexibility index (Phi) is 5.12. The Balaban J connectivity index is 1.37. The molecule has 170 valence electrons. The first-order chi connectivity index (χ1) is 17.1. The minimum atomic E-state index is -0.340. The van der Waals surface area contributed by atoms with E-state index >= 15 is 0 Å². The van der Waals surface area contributed by atoms with Crippen LogP contribution in [0.15, 0.2) is 100 Å². The number of ketones is 1.